The molecule has 4 rings (SSSR count). The Balaban J connectivity index is 1.38. The van der Waals surface area contributed by atoms with Crippen LogP contribution in [0.3, 0.4) is 0 Å². The van der Waals surface area contributed by atoms with Gasteiger partial charge in [-0.1, -0.05) is 52.6 Å². The highest BCUT2D eigenvalue weighted by Crippen LogP contribution is 2.33. The number of nitrogens with one attached hydrogen (secondary N) is 1. The van der Waals surface area contributed by atoms with E-state index in [9.17, 15) is 4.79 Å². The molecule has 1 aromatic heterocycles. The lowest BCUT2D eigenvalue weighted by atomic mass is 10.2. The molecule has 0 fully saturated rings. The summed E-state index contributed by atoms with van der Waals surface area (Å²) in [6.07, 6.45) is 0.475. The summed E-state index contributed by atoms with van der Waals surface area (Å²) in [4.78, 5) is 16.8. The maximum Gasteiger partial charge on any atom is 0.227 e. The molecule has 0 saturated heterocycles. The standard InChI is InChI=1S/C23H17Cl2N3O3/c24-16-11-9-15(10-12-16)23-27-22(31-28-23)14-13-21(29)26-18-6-2-4-8-20(18)30-19-7-3-1-5-17(19)25/h1-12H,13-14H2,(H,26,29). The number of hydrogen-bond acceptors (Lipinski definition) is 5. The van der Waals surface area contributed by atoms with Crippen molar-refractivity contribution in [2.45, 2.75) is 12.8 Å². The van der Waals surface area contributed by atoms with Crippen LogP contribution in [0, 0.1) is 0 Å². The van der Waals surface area contributed by atoms with E-state index in [4.69, 9.17) is 32.5 Å². The van der Waals surface area contributed by atoms with Crippen molar-refractivity contribution in [2.24, 2.45) is 0 Å². The Morgan fingerprint density at radius 3 is 2.42 bits per heavy atom. The predicted molar refractivity (Wildman–Crippen MR) is 120 cm³/mol. The van der Waals surface area contributed by atoms with Crippen LogP contribution in [0.4, 0.5) is 5.69 Å². The second kappa shape index (κ2) is 9.64. The van der Waals surface area contributed by atoms with Crippen molar-refractivity contribution in [3.63, 3.8) is 0 Å². The minimum absolute atomic E-state index is 0.169. The third-order valence-electron chi connectivity index (χ3n) is 4.35. The fourth-order valence-electron chi connectivity index (χ4n) is 2.81. The van der Waals surface area contributed by atoms with Crippen LogP contribution in [0.2, 0.25) is 10.0 Å². The average Bonchev–Trinajstić information content (AvgIpc) is 3.25. The Labute approximate surface area is 188 Å². The molecule has 0 radical (unpaired) electrons. The quantitative estimate of drug-likeness (QED) is 0.349. The van der Waals surface area contributed by atoms with Gasteiger partial charge in [-0.25, -0.2) is 0 Å². The van der Waals surface area contributed by atoms with Crippen molar-refractivity contribution < 1.29 is 14.1 Å². The summed E-state index contributed by atoms with van der Waals surface area (Å²) in [6.45, 7) is 0. The fourth-order valence-corrected chi connectivity index (χ4v) is 3.11. The number of rotatable bonds is 7. The molecule has 0 spiro atoms. The summed E-state index contributed by atoms with van der Waals surface area (Å²) in [5, 5.41) is 7.92. The Morgan fingerprint density at radius 2 is 1.65 bits per heavy atom. The van der Waals surface area contributed by atoms with E-state index in [0.717, 1.165) is 5.56 Å². The highest BCUT2D eigenvalue weighted by molar-refractivity contribution is 6.32. The second-order valence-corrected chi connectivity index (χ2v) is 7.44. The summed E-state index contributed by atoms with van der Waals surface area (Å²) >= 11 is 12.1. The first-order valence-electron chi connectivity index (χ1n) is 9.48. The molecular formula is C23H17Cl2N3O3. The number of hydrogen-bond donors (Lipinski definition) is 1. The largest absolute Gasteiger partial charge is 0.454 e. The predicted octanol–water partition coefficient (Wildman–Crippen LogP) is 6.41. The van der Waals surface area contributed by atoms with Crippen LogP contribution >= 0.6 is 23.2 Å². The van der Waals surface area contributed by atoms with Crippen LogP contribution in [-0.4, -0.2) is 16.0 Å². The van der Waals surface area contributed by atoms with Gasteiger partial charge >= 0.3 is 0 Å². The molecule has 0 aliphatic rings. The number of ether oxygens (including phenoxy) is 1. The zero-order valence-corrected chi connectivity index (χ0v) is 17.7. The number of halogens is 2. The van der Waals surface area contributed by atoms with Crippen LogP contribution < -0.4 is 10.1 Å². The van der Waals surface area contributed by atoms with Crippen LogP contribution in [0.25, 0.3) is 11.4 Å². The molecule has 0 saturated carbocycles. The van der Waals surface area contributed by atoms with E-state index >= 15 is 0 Å². The number of aromatic nitrogens is 2. The van der Waals surface area contributed by atoms with Crippen LogP contribution in [-0.2, 0) is 11.2 Å². The van der Waals surface area contributed by atoms with Crippen LogP contribution in [0.1, 0.15) is 12.3 Å². The number of carbonyl (C=O) groups excluding carboxylic acids is 1. The summed E-state index contributed by atoms with van der Waals surface area (Å²) < 4.78 is 11.1. The van der Waals surface area contributed by atoms with Crippen LogP contribution in [0.5, 0.6) is 11.5 Å². The smallest absolute Gasteiger partial charge is 0.227 e. The molecule has 3 aromatic carbocycles. The topological polar surface area (TPSA) is 77.2 Å². The number of carbonyl (C=O) groups is 1. The van der Waals surface area contributed by atoms with Crippen molar-refractivity contribution in [3.8, 4) is 22.9 Å². The third-order valence-corrected chi connectivity index (χ3v) is 4.92. The Hall–Kier alpha value is -3.35. The molecule has 1 amide bonds. The number of para-hydroxylation sites is 3. The molecule has 0 aliphatic carbocycles. The van der Waals surface area contributed by atoms with Gasteiger partial charge in [-0.2, -0.15) is 4.98 Å². The number of anilines is 1. The first-order valence-corrected chi connectivity index (χ1v) is 10.2. The van der Waals surface area contributed by atoms with Crippen molar-refractivity contribution in [1.82, 2.24) is 10.1 Å². The zero-order chi connectivity index (χ0) is 21.6. The molecule has 0 aliphatic heterocycles. The highest BCUT2D eigenvalue weighted by atomic mass is 35.5. The minimum Gasteiger partial charge on any atom is -0.454 e. The monoisotopic (exact) mass is 453 g/mol. The van der Waals surface area contributed by atoms with Gasteiger partial charge in [0.05, 0.1) is 10.7 Å². The van der Waals surface area contributed by atoms with E-state index in [1.54, 1.807) is 48.5 Å². The molecule has 156 valence electrons. The van der Waals surface area contributed by atoms with Gasteiger partial charge in [0.15, 0.2) is 5.75 Å². The molecule has 8 heteroatoms. The van der Waals surface area contributed by atoms with Gasteiger partial charge in [0.2, 0.25) is 17.6 Å². The van der Waals surface area contributed by atoms with Gasteiger partial charge in [0.25, 0.3) is 0 Å². The molecule has 0 atom stereocenters. The molecule has 1 N–H and O–H groups in total. The van der Waals surface area contributed by atoms with E-state index < -0.39 is 0 Å². The van der Waals surface area contributed by atoms with Gasteiger partial charge in [-0.05, 0) is 48.5 Å². The van der Waals surface area contributed by atoms with Gasteiger partial charge < -0.3 is 14.6 Å². The maximum absolute atomic E-state index is 12.5. The molecule has 1 heterocycles. The molecule has 0 unspecified atom stereocenters. The maximum atomic E-state index is 12.5. The van der Waals surface area contributed by atoms with Gasteiger partial charge in [0, 0.05) is 23.4 Å². The normalized spacial score (nSPS) is 10.6. The van der Waals surface area contributed by atoms with E-state index in [1.165, 1.54) is 0 Å². The minimum atomic E-state index is -0.207. The third kappa shape index (κ3) is 5.42. The number of amides is 1. The van der Waals surface area contributed by atoms with Crippen LogP contribution in [0.15, 0.2) is 77.3 Å². The Bertz CT molecular complexity index is 1190. The zero-order valence-electron chi connectivity index (χ0n) is 16.2. The van der Waals surface area contributed by atoms with Gasteiger partial charge in [-0.15, -0.1) is 0 Å². The van der Waals surface area contributed by atoms with E-state index in [0.29, 0.717) is 45.4 Å². The highest BCUT2D eigenvalue weighted by Gasteiger charge is 2.13. The number of benzene rings is 3. The molecule has 0 bridgehead atoms. The lowest BCUT2D eigenvalue weighted by Crippen LogP contribution is -2.13. The van der Waals surface area contributed by atoms with E-state index in [1.807, 2.05) is 24.3 Å². The van der Waals surface area contributed by atoms with E-state index in [2.05, 4.69) is 15.5 Å². The first kappa shape index (κ1) is 20.9. The SMILES string of the molecule is O=C(CCc1nc(-c2ccc(Cl)cc2)no1)Nc1ccccc1Oc1ccccc1Cl. The van der Waals surface area contributed by atoms with Crippen molar-refractivity contribution >= 4 is 34.8 Å². The summed E-state index contributed by atoms with van der Waals surface area (Å²) in [5.74, 6) is 1.62. The Kier molecular flexibility index (Phi) is 6.50. The first-order chi connectivity index (χ1) is 15.1. The molecule has 31 heavy (non-hydrogen) atoms. The van der Waals surface area contributed by atoms with Gasteiger partial charge in [0.1, 0.15) is 5.75 Å². The number of aryl methyl sites for hydroxylation is 1. The Morgan fingerprint density at radius 1 is 0.935 bits per heavy atom. The average molecular weight is 454 g/mol. The van der Waals surface area contributed by atoms with Crippen molar-refractivity contribution in [3.05, 3.63) is 88.7 Å². The van der Waals surface area contributed by atoms with E-state index in [-0.39, 0.29) is 12.3 Å². The second-order valence-electron chi connectivity index (χ2n) is 6.60. The summed E-state index contributed by atoms with van der Waals surface area (Å²) in [5.41, 5.74) is 1.33. The number of nitrogens with zero attached hydrogens (tertiary/aromatic N) is 2. The summed E-state index contributed by atoms with van der Waals surface area (Å²) in [7, 11) is 0. The molecule has 6 nitrogen and oxygen atoms in total. The lowest BCUT2D eigenvalue weighted by Gasteiger charge is -2.12. The summed E-state index contributed by atoms with van der Waals surface area (Å²) in [6, 6.07) is 21.4. The molecular weight excluding hydrogens is 437 g/mol. The van der Waals surface area contributed by atoms with Crippen molar-refractivity contribution in [1.29, 1.82) is 0 Å². The van der Waals surface area contributed by atoms with Crippen molar-refractivity contribution in [2.75, 3.05) is 5.32 Å². The lowest BCUT2D eigenvalue weighted by molar-refractivity contribution is -0.116. The van der Waals surface area contributed by atoms with Gasteiger partial charge in [-0.3, -0.25) is 4.79 Å². The fraction of sp³-hybridized carbons (Fsp3) is 0.0870. The molecule has 4 aromatic rings.